The fourth-order valence-corrected chi connectivity index (χ4v) is 22.6. The Balaban J connectivity index is 0.000000102. The van der Waals surface area contributed by atoms with Crippen molar-refractivity contribution in [1.29, 1.82) is 0 Å². The Labute approximate surface area is 787 Å². The summed E-state index contributed by atoms with van der Waals surface area (Å²) in [5.74, 6) is 0. The van der Waals surface area contributed by atoms with Crippen molar-refractivity contribution >= 4 is 229 Å². The molecule has 0 saturated heterocycles. The maximum Gasteiger partial charge on any atom is 0.178 e. The second kappa shape index (κ2) is 30.8. The predicted molar refractivity (Wildman–Crippen MR) is 570 cm³/mol. The molecule has 0 N–H and O–H groups in total. The van der Waals surface area contributed by atoms with Crippen molar-refractivity contribution in [3.05, 3.63) is 340 Å². The molecule has 8 heteroatoms. The summed E-state index contributed by atoms with van der Waals surface area (Å²) in [6.45, 7) is 38.9. The van der Waals surface area contributed by atoms with E-state index in [1.165, 1.54) is 49.5 Å². The second-order valence-electron chi connectivity index (χ2n) is 42.1. The van der Waals surface area contributed by atoms with Crippen molar-refractivity contribution in [2.24, 2.45) is 0 Å². The largest absolute Gasteiger partial charge is 0.456 e. The normalized spacial score (nSPS) is 13.6. The van der Waals surface area contributed by atoms with Crippen molar-refractivity contribution in [3.63, 3.8) is 0 Å². The molecule has 134 heavy (non-hydrogen) atoms. The van der Waals surface area contributed by atoms with Gasteiger partial charge < -0.3 is 30.9 Å². The molecule has 0 aliphatic heterocycles. The lowest BCUT2D eigenvalue weighted by Crippen LogP contribution is -2.13. The number of benzene rings is 18. The molecule has 26 aromatic rings. The van der Waals surface area contributed by atoms with Crippen molar-refractivity contribution in [1.82, 2.24) is 4.98 Å². The Morgan fingerprint density at radius 2 is 0.493 bits per heavy atom. The molecule has 8 aromatic heterocycles. The molecule has 0 aliphatic rings. The van der Waals surface area contributed by atoms with E-state index in [0.717, 1.165) is 224 Å². The van der Waals surface area contributed by atoms with E-state index >= 15 is 0 Å². The summed E-state index contributed by atoms with van der Waals surface area (Å²) in [7, 11) is 0. The van der Waals surface area contributed by atoms with E-state index < -0.39 is 13.7 Å². The van der Waals surface area contributed by atoms with Gasteiger partial charge >= 0.3 is 0 Å². The van der Waals surface area contributed by atoms with E-state index in [1.807, 2.05) is 105 Å². The van der Waals surface area contributed by atoms with Gasteiger partial charge in [-0.3, -0.25) is 0 Å². The smallest absolute Gasteiger partial charge is 0.178 e. The average Bonchev–Trinajstić information content (AvgIpc) is 1.47. The average molecular weight is 1760 g/mol. The van der Waals surface area contributed by atoms with E-state index in [4.69, 9.17) is 44.1 Å². The Morgan fingerprint density at radius 1 is 0.194 bits per heavy atom. The van der Waals surface area contributed by atoms with Crippen LogP contribution in [0.3, 0.4) is 0 Å². The third-order valence-electron chi connectivity index (χ3n) is 27.6. The quantitative estimate of drug-likeness (QED) is 0.138. The molecule has 0 atom stereocenters. The van der Waals surface area contributed by atoms with E-state index in [9.17, 15) is 0 Å². The highest BCUT2D eigenvalue weighted by Gasteiger charge is 2.33. The number of para-hydroxylation sites is 3. The number of hydrogen-bond acceptors (Lipinski definition) is 8. The van der Waals surface area contributed by atoms with Crippen LogP contribution < -0.4 is 0 Å². The molecule has 0 spiro atoms. The van der Waals surface area contributed by atoms with Crippen LogP contribution in [-0.2, 0) is 27.1 Å². The Morgan fingerprint density at radius 3 is 0.948 bits per heavy atom. The van der Waals surface area contributed by atoms with Gasteiger partial charge in [-0.15, -0.1) is 0 Å². The summed E-state index contributed by atoms with van der Waals surface area (Å²) in [6.07, 6.45) is 0. The molecule has 0 aliphatic carbocycles. The fraction of sp³-hybridized carbons (Fsp3) is 0.214. The number of aromatic nitrogens is 1. The topological polar surface area (TPSA) is 105 Å². The zero-order valence-electron chi connectivity index (χ0n) is 85.8. The van der Waals surface area contributed by atoms with Crippen LogP contribution in [0.25, 0.3) is 229 Å². The van der Waals surface area contributed by atoms with Crippen molar-refractivity contribution in [2.75, 3.05) is 0 Å². The van der Waals surface area contributed by atoms with Crippen LogP contribution in [0, 0.1) is 48.3 Å². The highest BCUT2D eigenvalue weighted by atomic mass is 16.4. The predicted octanol–water partition coefficient (Wildman–Crippen LogP) is 37.8. The van der Waals surface area contributed by atoms with Crippen molar-refractivity contribution in [3.8, 4) is 0 Å². The van der Waals surface area contributed by atoms with Gasteiger partial charge in [0.05, 0.1) is 10.9 Å². The van der Waals surface area contributed by atoms with E-state index in [2.05, 4.69) is 307 Å². The molecule has 0 saturated carbocycles. The van der Waals surface area contributed by atoms with Crippen LogP contribution >= 0.6 is 0 Å². The van der Waals surface area contributed by atoms with Gasteiger partial charge in [-0.25, -0.2) is 4.98 Å². The van der Waals surface area contributed by atoms with Crippen LogP contribution in [0.1, 0.15) is 179 Å². The van der Waals surface area contributed by atoms with E-state index in [1.54, 1.807) is 0 Å². The van der Waals surface area contributed by atoms with Crippen LogP contribution in [0.2, 0.25) is 0 Å². The molecular weight excluding hydrogens is 1640 g/mol. The lowest BCUT2D eigenvalue weighted by molar-refractivity contribution is 0.567. The molecule has 0 fully saturated rings. The van der Waals surface area contributed by atoms with E-state index in [-0.39, 0.29) is 27.1 Å². The molecular formula is C126H111NO7. The van der Waals surface area contributed by atoms with Gasteiger partial charge in [0.2, 0.25) is 0 Å². The first-order valence-electron chi connectivity index (χ1n) is 49.7. The molecule has 0 unspecified atom stereocenters. The number of furan rings is 7. The van der Waals surface area contributed by atoms with Crippen LogP contribution in [0.4, 0.5) is 0 Å². The molecule has 8 nitrogen and oxygen atoms in total. The molecule has 18 aromatic carbocycles. The number of pyridine rings is 1. The van der Waals surface area contributed by atoms with Gasteiger partial charge in [0.1, 0.15) is 66.9 Å². The summed E-state index contributed by atoms with van der Waals surface area (Å²) in [5, 5.41) is 28.0. The first-order valence-corrected chi connectivity index (χ1v) is 46.7. The third kappa shape index (κ3) is 13.5. The Hall–Kier alpha value is -14.5. The van der Waals surface area contributed by atoms with Gasteiger partial charge in [-0.05, 0) is 247 Å². The van der Waals surface area contributed by atoms with Crippen LogP contribution in [0.15, 0.2) is 304 Å². The molecule has 26 rings (SSSR count). The monoisotopic (exact) mass is 1760 g/mol. The zero-order chi connectivity index (χ0) is 98.2. The fourth-order valence-electron chi connectivity index (χ4n) is 22.6. The molecule has 0 radical (unpaired) electrons. The lowest BCUT2D eigenvalue weighted by Gasteiger charge is -2.22. The Bertz CT molecular complexity index is 9350. The minimum absolute atomic E-state index is 0.0183. The summed E-state index contributed by atoms with van der Waals surface area (Å²) in [4.78, 5) is 4.82. The molecule has 0 amide bonds. The summed E-state index contributed by atoms with van der Waals surface area (Å²) >= 11 is 0. The van der Waals surface area contributed by atoms with Gasteiger partial charge in [-0.2, -0.15) is 0 Å². The third-order valence-corrected chi connectivity index (χ3v) is 27.6. The number of hydrogen-bond donors (Lipinski definition) is 0. The van der Waals surface area contributed by atoms with Crippen LogP contribution in [-0.4, -0.2) is 4.98 Å². The summed E-state index contributed by atoms with van der Waals surface area (Å²) in [6, 6.07) is 93.7. The van der Waals surface area contributed by atoms with Crippen molar-refractivity contribution < 1.29 is 39.1 Å². The van der Waals surface area contributed by atoms with Gasteiger partial charge in [-0.1, -0.05) is 298 Å². The molecule has 662 valence electrons. The number of aryl methyl sites for hydroxylation is 7. The summed E-state index contributed by atoms with van der Waals surface area (Å²) in [5.41, 5.74) is 26.0. The van der Waals surface area contributed by atoms with Gasteiger partial charge in [0.15, 0.2) is 16.7 Å². The zero-order valence-corrected chi connectivity index (χ0v) is 79.8. The lowest BCUT2D eigenvalue weighted by atomic mass is 9.81. The number of nitrogens with zero attached hydrogens (tertiary/aromatic N) is 1. The maximum absolute atomic E-state index is 8.39. The Kier molecular flexibility index (Phi) is 18.0. The highest BCUT2D eigenvalue weighted by molar-refractivity contribution is 6.37. The molecule has 8 heterocycles. The highest BCUT2D eigenvalue weighted by Crippen LogP contribution is 2.52. The summed E-state index contributed by atoms with van der Waals surface area (Å²) < 4.78 is 94.8. The first-order chi connectivity index (χ1) is 66.5. The molecule has 0 bridgehead atoms. The minimum atomic E-state index is -2.26. The second-order valence-corrected chi connectivity index (χ2v) is 42.1. The van der Waals surface area contributed by atoms with Crippen molar-refractivity contribution in [2.45, 2.75) is 179 Å². The number of fused-ring (bicyclic) bond motifs is 38. The van der Waals surface area contributed by atoms with Crippen LogP contribution in [0.5, 0.6) is 0 Å². The van der Waals surface area contributed by atoms with Gasteiger partial charge in [0, 0.05) is 117 Å². The SMILES string of the molecule is Cc1ccc2c(oc3c2ccc2c4ccccc4oc23)c1C(C)(C)C.Cc1ccc2c(oc3c2ccc2oc4ccccc4c23)c1C(C)(C)C.Cc1ccc2c(oc3cc4ccccc4nc32)c1C(C)(C)C.[2H]C([2H])([2H])c1cc(C)c(C(C)(C)C)c2oc3ccc4c5ccccc5c5ccccc5c4c3c12.[2H]C([2H])([2H])c1cc(C)c(C(C)(C)C)c2oc3ccc4c5ccccc5c5ccccc5c4c3c12. The maximum atomic E-state index is 8.39. The van der Waals surface area contributed by atoms with Gasteiger partial charge in [0.25, 0.3) is 0 Å². The standard InChI is InChI=1S/2C30H26O.2C23H20O2.C20H19NO/c2*1-17-16-18(2)28(30(3,4)5)29-25(17)27-24(31-29)15-14-23-21-12-7-6-10-19(21)20-11-8-9-13-22(20)26(23)27;1-13-9-10-15-14-11-12-18-19(16-7-5-6-8-17(16)24-18)21(14)25-22(15)20(13)23(2,3)4;1-13-9-10-16-17-12-11-15-14-7-5-6-8-18(14)24-21(15)22(17)25-20(16)19(13)23(2,3)4;1-12-9-10-14-18-16(22-19(14)17(12)20(2,3)4)11-13-7-5-6-8-15(13)21-18/h2*6-16H,1-5H3;2*5-12H,1-4H3;5-11H,1-4H3/i2*1D3;;;. The van der Waals surface area contributed by atoms with E-state index in [0.29, 0.717) is 22.3 Å². The first kappa shape index (κ1) is 78.2. The minimum Gasteiger partial charge on any atom is -0.456 e. The number of rotatable bonds is 0.